The monoisotopic (exact) mass is 270 g/mol. The maximum atomic E-state index is 2.47. The van der Waals surface area contributed by atoms with Crippen molar-refractivity contribution in [3.63, 3.8) is 0 Å². The lowest BCUT2D eigenvalue weighted by Crippen LogP contribution is -2.21. The van der Waals surface area contributed by atoms with Crippen LogP contribution in [0.1, 0.15) is 25.7 Å². The third-order valence-electron chi connectivity index (χ3n) is 5.37. The summed E-state index contributed by atoms with van der Waals surface area (Å²) in [6.45, 7) is 0. The van der Waals surface area contributed by atoms with E-state index in [1.165, 1.54) is 25.7 Å². The normalized spacial score (nSPS) is 46.5. The molecule has 0 saturated heterocycles. The Morgan fingerprint density at radius 2 is 1.05 bits per heavy atom. The Bertz CT molecular complexity index is 414. The average molecular weight is 270 g/mol. The molecule has 0 N–H and O–H groups in total. The van der Waals surface area contributed by atoms with Crippen molar-refractivity contribution in [1.82, 2.24) is 0 Å². The second-order valence-corrected chi connectivity index (χ2v) is 7.87. The molecule has 0 amide bonds. The summed E-state index contributed by atoms with van der Waals surface area (Å²) in [7, 11) is 0. The zero-order chi connectivity index (χ0) is 12.7. The lowest BCUT2D eigenvalue weighted by Gasteiger charge is -2.27. The van der Waals surface area contributed by atoms with E-state index in [2.05, 4.69) is 60.4 Å². The Morgan fingerprint density at radius 3 is 1.58 bits per heavy atom. The number of rotatable bonds is 2. The molecule has 4 aliphatic carbocycles. The molecule has 0 radical (unpaired) electrons. The van der Waals surface area contributed by atoms with Gasteiger partial charge in [-0.2, -0.15) is 11.8 Å². The van der Waals surface area contributed by atoms with Crippen molar-refractivity contribution in [1.29, 1.82) is 0 Å². The molecular weight excluding hydrogens is 248 g/mol. The first-order valence-corrected chi connectivity index (χ1v) is 8.71. The lowest BCUT2D eigenvalue weighted by atomic mass is 9.91. The van der Waals surface area contributed by atoms with Crippen LogP contribution in [-0.4, -0.2) is 10.5 Å². The number of hydrogen-bond donors (Lipinski definition) is 0. The zero-order valence-electron chi connectivity index (χ0n) is 11.3. The van der Waals surface area contributed by atoms with E-state index in [9.17, 15) is 0 Å². The molecule has 1 heteroatoms. The van der Waals surface area contributed by atoms with Gasteiger partial charge in [-0.15, -0.1) is 0 Å². The van der Waals surface area contributed by atoms with Crippen molar-refractivity contribution in [2.45, 2.75) is 36.2 Å². The summed E-state index contributed by atoms with van der Waals surface area (Å²) in [5.74, 6) is 3.30. The van der Waals surface area contributed by atoms with Crippen LogP contribution in [0, 0.1) is 23.7 Å². The van der Waals surface area contributed by atoms with Crippen molar-refractivity contribution in [3.05, 3.63) is 48.6 Å². The number of thioether (sulfide) groups is 1. The minimum absolute atomic E-state index is 0.817. The van der Waals surface area contributed by atoms with E-state index in [-0.39, 0.29) is 0 Å². The van der Waals surface area contributed by atoms with E-state index in [4.69, 9.17) is 0 Å². The van der Waals surface area contributed by atoms with Gasteiger partial charge in [-0.3, -0.25) is 0 Å². The van der Waals surface area contributed by atoms with Crippen molar-refractivity contribution < 1.29 is 0 Å². The fourth-order valence-electron chi connectivity index (χ4n) is 4.36. The molecule has 6 unspecified atom stereocenters. The van der Waals surface area contributed by atoms with E-state index in [0.717, 1.165) is 34.2 Å². The fourth-order valence-corrected chi connectivity index (χ4v) is 6.30. The third-order valence-corrected chi connectivity index (χ3v) is 7.17. The molecule has 0 aliphatic heterocycles. The highest BCUT2D eigenvalue weighted by atomic mass is 32.2. The van der Waals surface area contributed by atoms with E-state index < -0.39 is 0 Å². The van der Waals surface area contributed by atoms with Crippen LogP contribution >= 0.6 is 11.8 Å². The van der Waals surface area contributed by atoms with Crippen molar-refractivity contribution in [2.75, 3.05) is 0 Å². The SMILES string of the molecule is C1=CC2CCC(SC3CCC4C=CC=CC43)C2C=C1. The standard InChI is InChI=1S/C18H22S/c1-3-7-15-13(5-1)9-11-17(15)19-18-12-10-14-6-2-4-8-16(14)18/h1-8,13-18H,9-12H2. The van der Waals surface area contributed by atoms with Gasteiger partial charge in [0.2, 0.25) is 0 Å². The third kappa shape index (κ3) is 2.16. The Kier molecular flexibility index (Phi) is 3.19. The Labute approximate surface area is 120 Å². The van der Waals surface area contributed by atoms with Crippen molar-refractivity contribution in [3.8, 4) is 0 Å². The maximum Gasteiger partial charge on any atom is 0.0119 e. The molecule has 2 saturated carbocycles. The predicted octanol–water partition coefficient (Wildman–Crippen LogP) is 4.76. The summed E-state index contributed by atoms with van der Waals surface area (Å²) in [5.41, 5.74) is 0. The molecule has 0 aromatic heterocycles. The summed E-state index contributed by atoms with van der Waals surface area (Å²) in [6.07, 6.45) is 24.5. The summed E-state index contributed by atoms with van der Waals surface area (Å²) >= 11 is 2.32. The largest absolute Gasteiger partial charge is 0.154 e. The first-order valence-electron chi connectivity index (χ1n) is 7.77. The molecule has 0 nitrogen and oxygen atoms in total. The van der Waals surface area contributed by atoms with E-state index in [1.54, 1.807) is 0 Å². The molecule has 100 valence electrons. The minimum Gasteiger partial charge on any atom is -0.154 e. The molecule has 0 heterocycles. The summed E-state index contributed by atoms with van der Waals surface area (Å²) < 4.78 is 0. The fraction of sp³-hybridized carbons (Fsp3) is 0.556. The highest BCUT2D eigenvalue weighted by Gasteiger charge is 2.40. The zero-order valence-corrected chi connectivity index (χ0v) is 12.1. The number of fused-ring (bicyclic) bond motifs is 2. The van der Waals surface area contributed by atoms with Crippen LogP contribution in [0.5, 0.6) is 0 Å². The Hall–Kier alpha value is -0.690. The van der Waals surface area contributed by atoms with Crippen molar-refractivity contribution in [2.24, 2.45) is 23.7 Å². The number of allylic oxidation sites excluding steroid dienone is 8. The van der Waals surface area contributed by atoms with Crippen molar-refractivity contribution >= 4 is 11.8 Å². The van der Waals surface area contributed by atoms with Gasteiger partial charge in [-0.25, -0.2) is 0 Å². The quantitative estimate of drug-likeness (QED) is 0.697. The number of hydrogen-bond acceptors (Lipinski definition) is 1. The van der Waals surface area contributed by atoms with Gasteiger partial charge < -0.3 is 0 Å². The van der Waals surface area contributed by atoms with Crippen LogP contribution in [0.3, 0.4) is 0 Å². The van der Waals surface area contributed by atoms with E-state index in [0.29, 0.717) is 0 Å². The van der Waals surface area contributed by atoms with Crippen LogP contribution in [0.2, 0.25) is 0 Å². The van der Waals surface area contributed by atoms with Gasteiger partial charge in [0.15, 0.2) is 0 Å². The first kappa shape index (κ1) is 12.1. The molecule has 2 fully saturated rings. The van der Waals surface area contributed by atoms with Gasteiger partial charge in [-0.05, 0) is 49.4 Å². The molecule has 0 aromatic rings. The molecule has 0 spiro atoms. The van der Waals surface area contributed by atoms with Gasteiger partial charge in [0, 0.05) is 10.5 Å². The average Bonchev–Trinajstić information content (AvgIpc) is 3.05. The molecule has 6 atom stereocenters. The predicted molar refractivity (Wildman–Crippen MR) is 84.2 cm³/mol. The van der Waals surface area contributed by atoms with Crippen LogP contribution in [-0.2, 0) is 0 Å². The summed E-state index contributed by atoms with van der Waals surface area (Å²) in [5, 5.41) is 1.74. The smallest absolute Gasteiger partial charge is 0.0119 e. The molecule has 4 aliphatic rings. The van der Waals surface area contributed by atoms with Gasteiger partial charge in [0.05, 0.1) is 0 Å². The van der Waals surface area contributed by atoms with E-state index >= 15 is 0 Å². The first-order chi connectivity index (χ1) is 9.42. The molecular formula is C18H22S. The van der Waals surface area contributed by atoms with Gasteiger partial charge in [0.25, 0.3) is 0 Å². The van der Waals surface area contributed by atoms with Gasteiger partial charge in [0.1, 0.15) is 0 Å². The lowest BCUT2D eigenvalue weighted by molar-refractivity contribution is 0.547. The van der Waals surface area contributed by atoms with Crippen LogP contribution in [0.15, 0.2) is 48.6 Å². The highest BCUT2D eigenvalue weighted by molar-refractivity contribution is 8.00. The summed E-state index contributed by atoms with van der Waals surface area (Å²) in [4.78, 5) is 0. The minimum atomic E-state index is 0.817. The van der Waals surface area contributed by atoms with Crippen LogP contribution in [0.4, 0.5) is 0 Å². The van der Waals surface area contributed by atoms with Crippen LogP contribution < -0.4 is 0 Å². The second kappa shape index (κ2) is 5.01. The Balaban J connectivity index is 1.45. The second-order valence-electron chi connectivity index (χ2n) is 6.39. The topological polar surface area (TPSA) is 0 Å². The van der Waals surface area contributed by atoms with Gasteiger partial charge >= 0.3 is 0 Å². The summed E-state index contributed by atoms with van der Waals surface area (Å²) in [6, 6.07) is 0. The Morgan fingerprint density at radius 1 is 0.579 bits per heavy atom. The molecule has 4 rings (SSSR count). The van der Waals surface area contributed by atoms with Gasteiger partial charge in [-0.1, -0.05) is 48.6 Å². The van der Waals surface area contributed by atoms with Crippen LogP contribution in [0.25, 0.3) is 0 Å². The highest BCUT2D eigenvalue weighted by Crippen LogP contribution is 2.50. The molecule has 19 heavy (non-hydrogen) atoms. The van der Waals surface area contributed by atoms with E-state index in [1.807, 2.05) is 0 Å². The maximum absolute atomic E-state index is 2.47. The molecule has 0 aromatic carbocycles. The molecule has 0 bridgehead atoms.